The van der Waals surface area contributed by atoms with Crippen molar-refractivity contribution in [2.75, 3.05) is 11.9 Å². The van der Waals surface area contributed by atoms with Crippen molar-refractivity contribution >= 4 is 39.9 Å². The van der Waals surface area contributed by atoms with E-state index >= 15 is 0 Å². The van der Waals surface area contributed by atoms with Crippen LogP contribution in [0.3, 0.4) is 0 Å². The summed E-state index contributed by atoms with van der Waals surface area (Å²) in [7, 11) is 0. The second-order valence-electron chi connectivity index (χ2n) is 5.30. The Morgan fingerprint density at radius 2 is 2.17 bits per heavy atom. The molecule has 0 aliphatic carbocycles. The first-order valence-corrected chi connectivity index (χ1v) is 8.48. The van der Waals surface area contributed by atoms with Gasteiger partial charge in [-0.2, -0.15) is 0 Å². The van der Waals surface area contributed by atoms with Gasteiger partial charge in [-0.25, -0.2) is 4.98 Å². The third-order valence-electron chi connectivity index (χ3n) is 3.39. The normalized spacial score (nSPS) is 10.7. The van der Waals surface area contributed by atoms with Crippen molar-refractivity contribution in [3.05, 3.63) is 46.5 Å². The first-order valence-electron chi connectivity index (χ1n) is 7.60. The highest BCUT2D eigenvalue weighted by Crippen LogP contribution is 2.19. The number of nitrogens with zero attached hydrogens (tertiary/aromatic N) is 1. The van der Waals surface area contributed by atoms with Gasteiger partial charge in [0.1, 0.15) is 5.52 Å². The maximum atomic E-state index is 12.0. The average molecular weight is 343 g/mol. The highest BCUT2D eigenvalue weighted by molar-refractivity contribution is 7.12. The number of thiophene rings is 1. The molecule has 0 unspecified atom stereocenters. The molecule has 3 aromatic rings. The second-order valence-corrected chi connectivity index (χ2v) is 6.25. The number of amides is 2. The van der Waals surface area contributed by atoms with E-state index < -0.39 is 0 Å². The van der Waals surface area contributed by atoms with Gasteiger partial charge in [0.2, 0.25) is 5.91 Å². The molecule has 0 radical (unpaired) electrons. The molecule has 0 aliphatic rings. The number of aryl methyl sites for hydroxylation is 1. The number of aromatic nitrogens is 1. The molecule has 0 bridgehead atoms. The summed E-state index contributed by atoms with van der Waals surface area (Å²) in [6, 6.07) is 8.95. The molecule has 0 aliphatic heterocycles. The number of carbonyl (C=O) groups is 2. The fourth-order valence-corrected chi connectivity index (χ4v) is 2.93. The maximum Gasteiger partial charge on any atom is 0.261 e. The Balaban J connectivity index is 1.44. The molecule has 0 saturated heterocycles. The first kappa shape index (κ1) is 16.2. The Hall–Kier alpha value is -2.67. The monoisotopic (exact) mass is 343 g/mol. The van der Waals surface area contributed by atoms with E-state index in [1.807, 2.05) is 11.4 Å². The molecule has 2 aromatic heterocycles. The number of rotatable bonds is 6. The average Bonchev–Trinajstić information content (AvgIpc) is 3.19. The summed E-state index contributed by atoms with van der Waals surface area (Å²) in [5.41, 5.74) is 2.10. The van der Waals surface area contributed by atoms with E-state index in [1.165, 1.54) is 11.3 Å². The van der Waals surface area contributed by atoms with Gasteiger partial charge in [-0.15, -0.1) is 11.3 Å². The minimum Gasteiger partial charge on any atom is -0.441 e. The summed E-state index contributed by atoms with van der Waals surface area (Å²) in [6.07, 6.45) is 0.912. The van der Waals surface area contributed by atoms with Crippen molar-refractivity contribution in [3.8, 4) is 0 Å². The summed E-state index contributed by atoms with van der Waals surface area (Å²) in [4.78, 5) is 28.6. The van der Waals surface area contributed by atoms with Crippen molar-refractivity contribution in [1.29, 1.82) is 0 Å². The van der Waals surface area contributed by atoms with Gasteiger partial charge in [0.15, 0.2) is 11.5 Å². The van der Waals surface area contributed by atoms with Crippen molar-refractivity contribution in [3.63, 3.8) is 0 Å². The van der Waals surface area contributed by atoms with Gasteiger partial charge in [0.05, 0.1) is 4.88 Å². The van der Waals surface area contributed by atoms with Crippen molar-refractivity contribution in [2.45, 2.75) is 19.8 Å². The van der Waals surface area contributed by atoms with Crippen LogP contribution in [0, 0.1) is 6.92 Å². The van der Waals surface area contributed by atoms with Crippen LogP contribution in [0.2, 0.25) is 0 Å². The summed E-state index contributed by atoms with van der Waals surface area (Å²) < 4.78 is 5.40. The lowest BCUT2D eigenvalue weighted by molar-refractivity contribution is -0.116. The number of hydrogen-bond acceptors (Lipinski definition) is 5. The van der Waals surface area contributed by atoms with Crippen LogP contribution in [0.25, 0.3) is 11.1 Å². The Morgan fingerprint density at radius 1 is 1.29 bits per heavy atom. The molecule has 0 fully saturated rings. The number of nitrogens with one attached hydrogen (secondary N) is 2. The van der Waals surface area contributed by atoms with E-state index in [4.69, 9.17) is 4.42 Å². The zero-order valence-corrected chi connectivity index (χ0v) is 14.0. The van der Waals surface area contributed by atoms with Gasteiger partial charge in [-0.05, 0) is 36.1 Å². The number of oxazole rings is 1. The van der Waals surface area contributed by atoms with Crippen LogP contribution in [0.5, 0.6) is 0 Å². The summed E-state index contributed by atoms with van der Waals surface area (Å²) in [6.45, 7) is 2.24. The topological polar surface area (TPSA) is 84.2 Å². The SMILES string of the molecule is Cc1nc2cc(NC(=O)CCCNC(=O)c3cccs3)ccc2o1. The van der Waals surface area contributed by atoms with Crippen LogP contribution in [0.15, 0.2) is 40.1 Å². The molecule has 24 heavy (non-hydrogen) atoms. The molecule has 0 spiro atoms. The van der Waals surface area contributed by atoms with E-state index in [1.54, 1.807) is 31.2 Å². The molecule has 124 valence electrons. The van der Waals surface area contributed by atoms with E-state index in [-0.39, 0.29) is 11.8 Å². The number of hydrogen-bond donors (Lipinski definition) is 2. The number of fused-ring (bicyclic) bond motifs is 1. The lowest BCUT2D eigenvalue weighted by Crippen LogP contribution is -2.24. The molecule has 7 heteroatoms. The van der Waals surface area contributed by atoms with Crippen LogP contribution in [0.1, 0.15) is 28.4 Å². The third kappa shape index (κ3) is 3.99. The van der Waals surface area contributed by atoms with Crippen LogP contribution in [-0.4, -0.2) is 23.3 Å². The molecule has 2 heterocycles. The lowest BCUT2D eigenvalue weighted by atomic mass is 10.2. The largest absolute Gasteiger partial charge is 0.441 e. The van der Waals surface area contributed by atoms with Gasteiger partial charge in [-0.3, -0.25) is 9.59 Å². The molecular formula is C17H17N3O3S. The number of benzene rings is 1. The van der Waals surface area contributed by atoms with E-state index in [9.17, 15) is 9.59 Å². The van der Waals surface area contributed by atoms with Gasteiger partial charge in [0.25, 0.3) is 5.91 Å². The van der Waals surface area contributed by atoms with Crippen LogP contribution >= 0.6 is 11.3 Å². The molecule has 6 nitrogen and oxygen atoms in total. The van der Waals surface area contributed by atoms with Crippen LogP contribution in [-0.2, 0) is 4.79 Å². The van der Waals surface area contributed by atoms with Crippen LogP contribution < -0.4 is 10.6 Å². The minimum atomic E-state index is -0.0998. The quantitative estimate of drug-likeness (QED) is 0.672. The molecule has 1 aromatic carbocycles. The Kier molecular flexibility index (Phi) is 4.90. The number of anilines is 1. The van der Waals surface area contributed by atoms with Gasteiger partial charge >= 0.3 is 0 Å². The highest BCUT2D eigenvalue weighted by atomic mass is 32.1. The summed E-state index contributed by atoms with van der Waals surface area (Å²) >= 11 is 1.39. The maximum absolute atomic E-state index is 12.0. The standard InChI is InChI=1S/C17H17N3O3S/c1-11-19-13-10-12(6-7-14(13)23-11)20-16(21)5-2-8-18-17(22)15-4-3-9-24-15/h3-4,6-7,9-10H,2,5,8H2,1H3,(H,18,22)(H,20,21). The first-order chi connectivity index (χ1) is 11.6. The molecule has 0 atom stereocenters. The minimum absolute atomic E-state index is 0.0973. The van der Waals surface area contributed by atoms with Gasteiger partial charge < -0.3 is 15.1 Å². The summed E-state index contributed by atoms with van der Waals surface area (Å²) in [5.74, 6) is 0.396. The molecular weight excluding hydrogens is 326 g/mol. The lowest BCUT2D eigenvalue weighted by Gasteiger charge is -2.06. The summed E-state index contributed by atoms with van der Waals surface area (Å²) in [5, 5.41) is 7.48. The van der Waals surface area contributed by atoms with Crippen molar-refractivity contribution < 1.29 is 14.0 Å². The molecule has 3 rings (SSSR count). The fraction of sp³-hybridized carbons (Fsp3) is 0.235. The Morgan fingerprint density at radius 3 is 2.96 bits per heavy atom. The molecule has 2 amide bonds. The molecule has 0 saturated carbocycles. The smallest absolute Gasteiger partial charge is 0.261 e. The highest BCUT2D eigenvalue weighted by Gasteiger charge is 2.08. The third-order valence-corrected chi connectivity index (χ3v) is 4.26. The Bertz CT molecular complexity index is 855. The van der Waals surface area contributed by atoms with E-state index in [2.05, 4.69) is 15.6 Å². The van der Waals surface area contributed by atoms with E-state index in [0.29, 0.717) is 46.9 Å². The predicted molar refractivity (Wildman–Crippen MR) is 93.3 cm³/mol. The molecule has 2 N–H and O–H groups in total. The Labute approximate surface area is 142 Å². The van der Waals surface area contributed by atoms with Gasteiger partial charge in [0, 0.05) is 25.6 Å². The second kappa shape index (κ2) is 7.27. The number of carbonyl (C=O) groups excluding carboxylic acids is 2. The van der Waals surface area contributed by atoms with Crippen LogP contribution in [0.4, 0.5) is 5.69 Å². The van der Waals surface area contributed by atoms with E-state index in [0.717, 1.165) is 0 Å². The predicted octanol–water partition coefficient (Wildman–Crippen LogP) is 3.35. The van der Waals surface area contributed by atoms with Gasteiger partial charge in [-0.1, -0.05) is 6.07 Å². The van der Waals surface area contributed by atoms with Crippen molar-refractivity contribution in [2.24, 2.45) is 0 Å². The van der Waals surface area contributed by atoms with Crippen molar-refractivity contribution in [1.82, 2.24) is 10.3 Å². The zero-order valence-electron chi connectivity index (χ0n) is 13.2. The fourth-order valence-electron chi connectivity index (χ4n) is 2.29. The zero-order chi connectivity index (χ0) is 16.9.